The highest BCUT2D eigenvalue weighted by Crippen LogP contribution is 2.28. The van der Waals surface area contributed by atoms with Crippen molar-refractivity contribution in [3.8, 4) is 0 Å². The molecule has 0 amide bonds. The molecular weight excluding hydrogens is 314 g/mol. The summed E-state index contributed by atoms with van der Waals surface area (Å²) in [5, 5.41) is 6.78. The summed E-state index contributed by atoms with van der Waals surface area (Å²) in [7, 11) is 0. The normalized spacial score (nSPS) is 21.3. The van der Waals surface area contributed by atoms with Crippen LogP contribution in [0.3, 0.4) is 0 Å². The van der Waals surface area contributed by atoms with Gasteiger partial charge in [-0.05, 0) is 45.6 Å². The fourth-order valence-electron chi connectivity index (χ4n) is 3.12. The van der Waals surface area contributed by atoms with E-state index in [4.69, 9.17) is 9.73 Å². The SMILES string of the molecule is CCNC(=NCC(C)N1CCN(CC)CC1)NCCCOCC1CC1. The van der Waals surface area contributed by atoms with Gasteiger partial charge in [-0.15, -0.1) is 0 Å². The molecule has 6 heteroatoms. The van der Waals surface area contributed by atoms with E-state index in [1.165, 1.54) is 32.5 Å². The molecule has 1 aliphatic heterocycles. The fourth-order valence-corrected chi connectivity index (χ4v) is 3.12. The Morgan fingerprint density at radius 2 is 1.92 bits per heavy atom. The Kier molecular flexibility index (Phi) is 9.58. The Labute approximate surface area is 154 Å². The van der Waals surface area contributed by atoms with Gasteiger partial charge in [0.25, 0.3) is 0 Å². The maximum atomic E-state index is 5.68. The van der Waals surface area contributed by atoms with Gasteiger partial charge in [0.15, 0.2) is 5.96 Å². The van der Waals surface area contributed by atoms with Gasteiger partial charge in [-0.2, -0.15) is 0 Å². The molecule has 2 N–H and O–H groups in total. The maximum absolute atomic E-state index is 5.68. The second-order valence-corrected chi connectivity index (χ2v) is 7.34. The molecule has 2 aliphatic rings. The predicted molar refractivity (Wildman–Crippen MR) is 105 cm³/mol. The van der Waals surface area contributed by atoms with Crippen LogP contribution in [0.25, 0.3) is 0 Å². The summed E-state index contributed by atoms with van der Waals surface area (Å²) >= 11 is 0. The van der Waals surface area contributed by atoms with Crippen molar-refractivity contribution in [1.29, 1.82) is 0 Å². The van der Waals surface area contributed by atoms with Gasteiger partial charge in [0.2, 0.25) is 0 Å². The second kappa shape index (κ2) is 11.7. The van der Waals surface area contributed by atoms with Crippen molar-refractivity contribution in [2.45, 2.75) is 46.1 Å². The molecule has 0 spiro atoms. The van der Waals surface area contributed by atoms with Gasteiger partial charge in [-0.1, -0.05) is 6.92 Å². The Morgan fingerprint density at radius 1 is 1.16 bits per heavy atom. The van der Waals surface area contributed by atoms with E-state index in [0.717, 1.165) is 64.2 Å². The number of hydrogen-bond donors (Lipinski definition) is 2. The van der Waals surface area contributed by atoms with Crippen molar-refractivity contribution in [2.24, 2.45) is 10.9 Å². The van der Waals surface area contributed by atoms with Crippen LogP contribution < -0.4 is 10.6 Å². The zero-order chi connectivity index (χ0) is 17.9. The number of rotatable bonds is 11. The first-order valence-electron chi connectivity index (χ1n) is 10.3. The van der Waals surface area contributed by atoms with Crippen molar-refractivity contribution in [3.05, 3.63) is 0 Å². The summed E-state index contributed by atoms with van der Waals surface area (Å²) in [6.45, 7) is 17.0. The minimum Gasteiger partial charge on any atom is -0.381 e. The molecule has 0 radical (unpaired) electrons. The van der Waals surface area contributed by atoms with Crippen LogP contribution in [-0.2, 0) is 4.74 Å². The summed E-state index contributed by atoms with van der Waals surface area (Å²) in [6.07, 6.45) is 3.76. The number of likely N-dealkylation sites (N-methyl/N-ethyl adjacent to an activating group) is 1. The van der Waals surface area contributed by atoms with Gasteiger partial charge in [-0.3, -0.25) is 9.89 Å². The highest BCUT2D eigenvalue weighted by Gasteiger charge is 2.21. The van der Waals surface area contributed by atoms with Crippen LogP contribution in [0.15, 0.2) is 4.99 Å². The molecule has 2 rings (SSSR count). The van der Waals surface area contributed by atoms with E-state index in [1.807, 2.05) is 0 Å². The molecule has 1 saturated heterocycles. The Balaban J connectivity index is 1.61. The lowest BCUT2D eigenvalue weighted by Crippen LogP contribution is -2.50. The molecule has 146 valence electrons. The molecule has 1 unspecified atom stereocenters. The number of piperazine rings is 1. The first kappa shape index (κ1) is 20.5. The Morgan fingerprint density at radius 3 is 2.56 bits per heavy atom. The zero-order valence-corrected chi connectivity index (χ0v) is 16.6. The fraction of sp³-hybridized carbons (Fsp3) is 0.947. The van der Waals surface area contributed by atoms with Crippen LogP contribution in [0.4, 0.5) is 0 Å². The van der Waals surface area contributed by atoms with Crippen molar-refractivity contribution in [1.82, 2.24) is 20.4 Å². The second-order valence-electron chi connectivity index (χ2n) is 7.34. The molecular formula is C19H39N5O. The molecule has 1 saturated carbocycles. The van der Waals surface area contributed by atoms with E-state index in [0.29, 0.717) is 6.04 Å². The third-order valence-corrected chi connectivity index (χ3v) is 5.14. The lowest BCUT2D eigenvalue weighted by atomic mass is 10.2. The zero-order valence-electron chi connectivity index (χ0n) is 16.6. The van der Waals surface area contributed by atoms with E-state index in [9.17, 15) is 0 Å². The topological polar surface area (TPSA) is 52.1 Å². The predicted octanol–water partition coefficient (Wildman–Crippen LogP) is 1.38. The Hall–Kier alpha value is -0.850. The van der Waals surface area contributed by atoms with E-state index < -0.39 is 0 Å². The van der Waals surface area contributed by atoms with Crippen LogP contribution in [0.5, 0.6) is 0 Å². The number of hydrogen-bond acceptors (Lipinski definition) is 4. The highest BCUT2D eigenvalue weighted by atomic mass is 16.5. The third kappa shape index (κ3) is 8.38. The summed E-state index contributed by atoms with van der Waals surface area (Å²) < 4.78 is 5.68. The lowest BCUT2D eigenvalue weighted by molar-refractivity contribution is 0.109. The average Bonchev–Trinajstić information content (AvgIpc) is 3.46. The quantitative estimate of drug-likeness (QED) is 0.334. The summed E-state index contributed by atoms with van der Waals surface area (Å²) in [5.74, 6) is 1.79. The van der Waals surface area contributed by atoms with Gasteiger partial charge < -0.3 is 20.3 Å². The third-order valence-electron chi connectivity index (χ3n) is 5.14. The van der Waals surface area contributed by atoms with E-state index in [2.05, 4.69) is 41.2 Å². The minimum atomic E-state index is 0.497. The van der Waals surface area contributed by atoms with Gasteiger partial charge in [0.05, 0.1) is 6.54 Å². The molecule has 1 aliphatic carbocycles. The molecule has 2 fully saturated rings. The van der Waals surface area contributed by atoms with Crippen LogP contribution in [-0.4, -0.2) is 87.4 Å². The monoisotopic (exact) mass is 353 g/mol. The van der Waals surface area contributed by atoms with Crippen LogP contribution >= 0.6 is 0 Å². The number of nitrogens with zero attached hydrogens (tertiary/aromatic N) is 3. The van der Waals surface area contributed by atoms with Crippen molar-refractivity contribution in [3.63, 3.8) is 0 Å². The molecule has 0 aromatic rings. The number of aliphatic imine (C=N–C) groups is 1. The standard InChI is InChI=1S/C19H39N5O/c1-4-20-19(21-9-6-14-25-16-18-7-8-18)22-15-17(3)24-12-10-23(5-2)11-13-24/h17-18H,4-16H2,1-3H3,(H2,20,21,22). The van der Waals surface area contributed by atoms with Crippen molar-refractivity contribution < 1.29 is 4.74 Å². The van der Waals surface area contributed by atoms with Gasteiger partial charge in [-0.25, -0.2) is 0 Å². The first-order chi connectivity index (χ1) is 12.2. The van der Waals surface area contributed by atoms with Crippen LogP contribution in [0.2, 0.25) is 0 Å². The number of guanidine groups is 1. The number of nitrogens with one attached hydrogen (secondary N) is 2. The molecule has 1 atom stereocenters. The lowest BCUT2D eigenvalue weighted by Gasteiger charge is -2.37. The summed E-state index contributed by atoms with van der Waals surface area (Å²) in [5.41, 5.74) is 0. The molecule has 0 aromatic heterocycles. The molecule has 6 nitrogen and oxygen atoms in total. The van der Waals surface area contributed by atoms with Gasteiger partial charge in [0, 0.05) is 58.5 Å². The molecule has 0 bridgehead atoms. The van der Waals surface area contributed by atoms with E-state index in [1.54, 1.807) is 0 Å². The van der Waals surface area contributed by atoms with E-state index in [-0.39, 0.29) is 0 Å². The highest BCUT2D eigenvalue weighted by molar-refractivity contribution is 5.79. The Bertz CT molecular complexity index is 378. The molecule has 1 heterocycles. The average molecular weight is 354 g/mol. The largest absolute Gasteiger partial charge is 0.381 e. The molecule has 25 heavy (non-hydrogen) atoms. The maximum Gasteiger partial charge on any atom is 0.191 e. The first-order valence-corrected chi connectivity index (χ1v) is 10.3. The van der Waals surface area contributed by atoms with Crippen LogP contribution in [0.1, 0.15) is 40.0 Å². The summed E-state index contributed by atoms with van der Waals surface area (Å²) in [4.78, 5) is 9.86. The van der Waals surface area contributed by atoms with Crippen molar-refractivity contribution >= 4 is 5.96 Å². The molecule has 0 aromatic carbocycles. The van der Waals surface area contributed by atoms with Gasteiger partial charge in [0.1, 0.15) is 0 Å². The number of ether oxygens (including phenoxy) is 1. The minimum absolute atomic E-state index is 0.497. The van der Waals surface area contributed by atoms with E-state index >= 15 is 0 Å². The van der Waals surface area contributed by atoms with Gasteiger partial charge >= 0.3 is 0 Å². The smallest absolute Gasteiger partial charge is 0.191 e. The van der Waals surface area contributed by atoms with Crippen LogP contribution in [0, 0.1) is 5.92 Å². The van der Waals surface area contributed by atoms with Crippen molar-refractivity contribution in [2.75, 3.05) is 65.6 Å². The summed E-state index contributed by atoms with van der Waals surface area (Å²) in [6, 6.07) is 0.497.